The molecule has 24 heavy (non-hydrogen) atoms. The first kappa shape index (κ1) is 18.0. The number of hydrogen-bond donors (Lipinski definition) is 2. The largest absolute Gasteiger partial charge is 0.416 e. The van der Waals surface area contributed by atoms with Gasteiger partial charge in [-0.15, -0.1) is 0 Å². The van der Waals surface area contributed by atoms with Crippen LogP contribution in [0.4, 0.5) is 19.0 Å². The van der Waals surface area contributed by atoms with Gasteiger partial charge >= 0.3 is 6.18 Å². The van der Waals surface area contributed by atoms with Crippen molar-refractivity contribution in [2.75, 3.05) is 5.32 Å². The maximum atomic E-state index is 12.5. The van der Waals surface area contributed by atoms with Crippen LogP contribution in [-0.4, -0.2) is 17.1 Å². The highest BCUT2D eigenvalue weighted by atomic mass is 19.4. The van der Waals surface area contributed by atoms with Crippen LogP contribution in [0.15, 0.2) is 34.9 Å². The van der Waals surface area contributed by atoms with Crippen LogP contribution in [0.1, 0.15) is 30.2 Å². The Balaban J connectivity index is 1.92. The van der Waals surface area contributed by atoms with Gasteiger partial charge in [0.15, 0.2) is 5.82 Å². The predicted octanol–water partition coefficient (Wildman–Crippen LogP) is 3.51. The second-order valence-electron chi connectivity index (χ2n) is 5.35. The first-order valence-electron chi connectivity index (χ1n) is 7.43. The molecule has 0 saturated heterocycles. The van der Waals surface area contributed by atoms with Crippen LogP contribution in [0, 0.1) is 6.92 Å². The van der Waals surface area contributed by atoms with Gasteiger partial charge in [0, 0.05) is 12.6 Å². The van der Waals surface area contributed by atoms with Crippen molar-refractivity contribution in [3.8, 4) is 0 Å². The molecule has 0 aliphatic carbocycles. The van der Waals surface area contributed by atoms with Crippen molar-refractivity contribution in [3.05, 3.63) is 47.2 Å². The zero-order valence-corrected chi connectivity index (χ0v) is 13.3. The zero-order valence-electron chi connectivity index (χ0n) is 13.3. The molecule has 1 aromatic carbocycles. The average molecular weight is 341 g/mol. The SMILES string of the molecule is CC[C@@H](NCc1ccc(C(F)(F)F)cc1)C(=O)Nc1cc(C)on1. The summed E-state index contributed by atoms with van der Waals surface area (Å²) >= 11 is 0. The van der Waals surface area contributed by atoms with E-state index < -0.39 is 17.8 Å². The van der Waals surface area contributed by atoms with Crippen molar-refractivity contribution in [3.63, 3.8) is 0 Å². The normalized spacial score (nSPS) is 12.9. The lowest BCUT2D eigenvalue weighted by molar-refractivity contribution is -0.137. The van der Waals surface area contributed by atoms with E-state index in [-0.39, 0.29) is 12.5 Å². The van der Waals surface area contributed by atoms with E-state index in [1.807, 2.05) is 6.92 Å². The zero-order chi connectivity index (χ0) is 17.7. The van der Waals surface area contributed by atoms with Gasteiger partial charge in [-0.2, -0.15) is 13.2 Å². The van der Waals surface area contributed by atoms with Gasteiger partial charge in [-0.1, -0.05) is 24.2 Å². The fourth-order valence-electron chi connectivity index (χ4n) is 2.11. The molecule has 0 fully saturated rings. The van der Waals surface area contributed by atoms with Gasteiger partial charge in [0.1, 0.15) is 5.76 Å². The third kappa shape index (κ3) is 4.82. The van der Waals surface area contributed by atoms with Gasteiger partial charge in [-0.05, 0) is 31.0 Å². The van der Waals surface area contributed by atoms with E-state index in [2.05, 4.69) is 15.8 Å². The van der Waals surface area contributed by atoms with Crippen LogP contribution in [0.2, 0.25) is 0 Å². The first-order chi connectivity index (χ1) is 11.3. The Labute approximate surface area is 137 Å². The number of halogens is 3. The van der Waals surface area contributed by atoms with E-state index in [0.29, 0.717) is 23.6 Å². The minimum Gasteiger partial charge on any atom is -0.360 e. The molecule has 0 spiro atoms. The van der Waals surface area contributed by atoms with E-state index in [1.165, 1.54) is 12.1 Å². The average Bonchev–Trinajstić information content (AvgIpc) is 2.92. The van der Waals surface area contributed by atoms with E-state index in [4.69, 9.17) is 4.52 Å². The smallest absolute Gasteiger partial charge is 0.360 e. The summed E-state index contributed by atoms with van der Waals surface area (Å²) in [5.41, 5.74) is -0.0380. The molecule has 2 N–H and O–H groups in total. The molecule has 0 radical (unpaired) electrons. The number of anilines is 1. The van der Waals surface area contributed by atoms with E-state index >= 15 is 0 Å². The number of carbonyl (C=O) groups excluding carboxylic acids is 1. The highest BCUT2D eigenvalue weighted by molar-refractivity contribution is 5.93. The minimum absolute atomic E-state index is 0.280. The summed E-state index contributed by atoms with van der Waals surface area (Å²) in [6.45, 7) is 3.82. The summed E-state index contributed by atoms with van der Waals surface area (Å²) in [5, 5.41) is 9.33. The summed E-state index contributed by atoms with van der Waals surface area (Å²) < 4.78 is 42.4. The Morgan fingerprint density at radius 3 is 2.46 bits per heavy atom. The summed E-state index contributed by atoms with van der Waals surface area (Å²) in [6.07, 6.45) is -3.84. The lowest BCUT2D eigenvalue weighted by Crippen LogP contribution is -2.39. The summed E-state index contributed by atoms with van der Waals surface area (Å²) in [7, 11) is 0. The number of nitrogens with one attached hydrogen (secondary N) is 2. The summed E-state index contributed by atoms with van der Waals surface area (Å²) in [6, 6.07) is 5.93. The molecule has 1 amide bonds. The Kier molecular flexibility index (Phi) is 5.61. The number of aryl methyl sites for hydroxylation is 1. The van der Waals surface area contributed by atoms with Crippen molar-refractivity contribution < 1.29 is 22.5 Å². The van der Waals surface area contributed by atoms with E-state index in [9.17, 15) is 18.0 Å². The Morgan fingerprint density at radius 2 is 1.96 bits per heavy atom. The predicted molar refractivity (Wildman–Crippen MR) is 82.2 cm³/mol. The minimum atomic E-state index is -4.35. The first-order valence-corrected chi connectivity index (χ1v) is 7.43. The van der Waals surface area contributed by atoms with Crippen LogP contribution in [0.3, 0.4) is 0 Å². The molecule has 1 heterocycles. The second kappa shape index (κ2) is 7.48. The molecule has 2 aromatic rings. The van der Waals surface area contributed by atoms with Crippen LogP contribution in [-0.2, 0) is 17.5 Å². The van der Waals surface area contributed by atoms with Crippen LogP contribution in [0.25, 0.3) is 0 Å². The third-order valence-corrected chi connectivity index (χ3v) is 3.44. The summed E-state index contributed by atoms with van der Waals surface area (Å²) in [5.74, 6) is 0.626. The lowest BCUT2D eigenvalue weighted by atomic mass is 10.1. The Morgan fingerprint density at radius 1 is 1.29 bits per heavy atom. The Bertz CT molecular complexity index is 681. The molecule has 2 rings (SSSR count). The number of carbonyl (C=O) groups is 1. The van der Waals surface area contributed by atoms with Gasteiger partial charge in [0.05, 0.1) is 11.6 Å². The van der Waals surface area contributed by atoms with Gasteiger partial charge < -0.3 is 15.2 Å². The molecule has 0 unspecified atom stereocenters. The quantitative estimate of drug-likeness (QED) is 0.844. The highest BCUT2D eigenvalue weighted by Gasteiger charge is 2.29. The van der Waals surface area contributed by atoms with Crippen molar-refractivity contribution in [2.24, 2.45) is 0 Å². The number of alkyl halides is 3. The fourth-order valence-corrected chi connectivity index (χ4v) is 2.11. The van der Waals surface area contributed by atoms with Gasteiger partial charge in [-0.25, -0.2) is 0 Å². The maximum absolute atomic E-state index is 12.5. The van der Waals surface area contributed by atoms with Gasteiger partial charge in [0.25, 0.3) is 0 Å². The topological polar surface area (TPSA) is 67.2 Å². The van der Waals surface area contributed by atoms with Gasteiger partial charge in [0.2, 0.25) is 5.91 Å². The molecule has 1 atom stereocenters. The highest BCUT2D eigenvalue weighted by Crippen LogP contribution is 2.29. The molecule has 0 bridgehead atoms. The molecule has 0 aliphatic heterocycles. The molecular weight excluding hydrogens is 323 g/mol. The van der Waals surface area contributed by atoms with Crippen molar-refractivity contribution in [1.29, 1.82) is 0 Å². The number of amides is 1. The van der Waals surface area contributed by atoms with Crippen LogP contribution < -0.4 is 10.6 Å². The maximum Gasteiger partial charge on any atom is 0.416 e. The summed E-state index contributed by atoms with van der Waals surface area (Å²) in [4.78, 5) is 12.2. The number of benzene rings is 1. The number of aromatic nitrogens is 1. The van der Waals surface area contributed by atoms with Crippen LogP contribution >= 0.6 is 0 Å². The van der Waals surface area contributed by atoms with Crippen molar-refractivity contribution in [1.82, 2.24) is 10.5 Å². The molecule has 1 aromatic heterocycles. The molecule has 8 heteroatoms. The van der Waals surface area contributed by atoms with Crippen molar-refractivity contribution in [2.45, 2.75) is 39.0 Å². The van der Waals surface area contributed by atoms with E-state index in [0.717, 1.165) is 12.1 Å². The lowest BCUT2D eigenvalue weighted by Gasteiger charge is -2.16. The monoisotopic (exact) mass is 341 g/mol. The molecule has 130 valence electrons. The number of rotatable bonds is 6. The van der Waals surface area contributed by atoms with Crippen LogP contribution in [0.5, 0.6) is 0 Å². The molecule has 5 nitrogen and oxygen atoms in total. The van der Waals surface area contributed by atoms with Crippen molar-refractivity contribution >= 4 is 11.7 Å². The number of hydrogen-bond acceptors (Lipinski definition) is 4. The second-order valence-corrected chi connectivity index (χ2v) is 5.35. The molecular formula is C16H18F3N3O2. The number of nitrogens with zero attached hydrogens (tertiary/aromatic N) is 1. The van der Waals surface area contributed by atoms with Gasteiger partial charge in [-0.3, -0.25) is 4.79 Å². The Hall–Kier alpha value is -2.35. The molecule has 0 aliphatic rings. The third-order valence-electron chi connectivity index (χ3n) is 3.44. The fraction of sp³-hybridized carbons (Fsp3) is 0.375. The molecule has 0 saturated carbocycles. The van der Waals surface area contributed by atoms with E-state index in [1.54, 1.807) is 13.0 Å². The standard InChI is InChI=1S/C16H18F3N3O2/c1-3-13(15(23)21-14-8-10(2)24-22-14)20-9-11-4-6-12(7-5-11)16(17,18)19/h4-8,13,20H,3,9H2,1-2H3,(H,21,22,23)/t13-/m1/s1.